The Labute approximate surface area is 82.7 Å². The molecule has 14 heavy (non-hydrogen) atoms. The van der Waals surface area contributed by atoms with Crippen LogP contribution >= 0.6 is 0 Å². The van der Waals surface area contributed by atoms with Crippen molar-refractivity contribution in [3.8, 4) is 0 Å². The predicted octanol–water partition coefficient (Wildman–Crippen LogP) is 0.297. The van der Waals surface area contributed by atoms with Crippen LogP contribution in [0.5, 0.6) is 0 Å². The standard InChI is InChI=1S/C9H14N2O3/c1-2-10-9(12)11(3-7-5-13-7)4-8-6-14-8/h2,7-8H,3-6H2,1H3. The number of aliphatic imine (C=N–C) groups is 1. The molecule has 0 saturated carbocycles. The minimum absolute atomic E-state index is 0.196. The lowest BCUT2D eigenvalue weighted by molar-refractivity contribution is 0.194. The van der Waals surface area contributed by atoms with E-state index in [0.717, 1.165) is 13.2 Å². The molecule has 0 aromatic heterocycles. The van der Waals surface area contributed by atoms with Gasteiger partial charge in [0.1, 0.15) is 0 Å². The lowest BCUT2D eigenvalue weighted by Gasteiger charge is -2.17. The van der Waals surface area contributed by atoms with E-state index in [9.17, 15) is 4.79 Å². The minimum atomic E-state index is -0.196. The molecule has 2 amide bonds. The van der Waals surface area contributed by atoms with E-state index >= 15 is 0 Å². The summed E-state index contributed by atoms with van der Waals surface area (Å²) >= 11 is 0. The predicted molar refractivity (Wildman–Crippen MR) is 50.6 cm³/mol. The van der Waals surface area contributed by atoms with E-state index < -0.39 is 0 Å². The van der Waals surface area contributed by atoms with Gasteiger partial charge in [0.25, 0.3) is 0 Å². The van der Waals surface area contributed by atoms with Crippen molar-refractivity contribution in [1.29, 1.82) is 0 Å². The van der Waals surface area contributed by atoms with E-state index in [1.807, 2.05) is 0 Å². The molecule has 0 bridgehead atoms. The highest BCUT2D eigenvalue weighted by atomic mass is 16.6. The van der Waals surface area contributed by atoms with Crippen LogP contribution in [0, 0.1) is 0 Å². The van der Waals surface area contributed by atoms with Gasteiger partial charge >= 0.3 is 6.03 Å². The molecule has 2 unspecified atom stereocenters. The maximum absolute atomic E-state index is 11.5. The summed E-state index contributed by atoms with van der Waals surface area (Å²) in [6, 6.07) is -0.196. The maximum Gasteiger partial charge on any atom is 0.343 e. The van der Waals surface area contributed by atoms with Crippen LogP contribution in [-0.2, 0) is 9.47 Å². The lowest BCUT2D eigenvalue weighted by atomic mass is 10.3. The van der Waals surface area contributed by atoms with Gasteiger partial charge in [-0.3, -0.25) is 0 Å². The summed E-state index contributed by atoms with van der Waals surface area (Å²) in [6.45, 7) is 4.51. The number of hydrogen-bond acceptors (Lipinski definition) is 3. The Bertz CT molecular complexity index is 232. The van der Waals surface area contributed by atoms with E-state index in [1.165, 1.54) is 6.21 Å². The molecule has 2 atom stereocenters. The first-order valence-corrected chi connectivity index (χ1v) is 4.80. The minimum Gasteiger partial charge on any atom is -0.371 e. The van der Waals surface area contributed by atoms with Crippen molar-refractivity contribution in [3.63, 3.8) is 0 Å². The zero-order chi connectivity index (χ0) is 9.97. The van der Waals surface area contributed by atoms with Crippen molar-refractivity contribution in [1.82, 2.24) is 4.90 Å². The zero-order valence-electron chi connectivity index (χ0n) is 8.18. The number of hydrogen-bond donors (Lipinski definition) is 0. The molecule has 78 valence electrons. The molecule has 2 rings (SSSR count). The van der Waals surface area contributed by atoms with E-state index in [1.54, 1.807) is 11.8 Å². The second-order valence-electron chi connectivity index (χ2n) is 3.49. The van der Waals surface area contributed by atoms with Gasteiger partial charge in [-0.25, -0.2) is 9.79 Å². The van der Waals surface area contributed by atoms with Gasteiger partial charge in [-0.15, -0.1) is 0 Å². The molecule has 0 radical (unpaired) electrons. The number of rotatable bonds is 4. The van der Waals surface area contributed by atoms with Crippen molar-refractivity contribution in [2.45, 2.75) is 19.1 Å². The number of epoxide rings is 2. The third-order valence-electron chi connectivity index (χ3n) is 2.16. The maximum atomic E-state index is 11.5. The Hall–Kier alpha value is -0.940. The Morgan fingerprint density at radius 2 is 1.93 bits per heavy atom. The van der Waals surface area contributed by atoms with E-state index in [-0.39, 0.29) is 18.2 Å². The molecule has 0 aromatic rings. The first kappa shape index (κ1) is 9.61. The van der Waals surface area contributed by atoms with Crippen molar-refractivity contribution in [2.75, 3.05) is 26.3 Å². The molecular formula is C9H14N2O3. The Morgan fingerprint density at radius 3 is 2.29 bits per heavy atom. The van der Waals surface area contributed by atoms with Gasteiger partial charge in [-0.1, -0.05) is 0 Å². The summed E-state index contributed by atoms with van der Waals surface area (Å²) in [4.78, 5) is 16.9. The molecule has 0 N–H and O–H groups in total. The average Bonchev–Trinajstić information content (AvgIpc) is 2.97. The third-order valence-corrected chi connectivity index (χ3v) is 2.16. The first-order valence-electron chi connectivity index (χ1n) is 4.80. The van der Waals surface area contributed by atoms with Gasteiger partial charge in [0, 0.05) is 6.21 Å². The smallest absolute Gasteiger partial charge is 0.343 e. The van der Waals surface area contributed by atoms with E-state index in [4.69, 9.17) is 9.47 Å². The largest absolute Gasteiger partial charge is 0.371 e. The van der Waals surface area contributed by atoms with Crippen LogP contribution in [0.3, 0.4) is 0 Å². The molecule has 5 heteroatoms. The van der Waals surface area contributed by atoms with Crippen LogP contribution in [-0.4, -0.2) is 55.7 Å². The molecule has 5 nitrogen and oxygen atoms in total. The lowest BCUT2D eigenvalue weighted by Crippen LogP contribution is -2.35. The van der Waals surface area contributed by atoms with Crippen molar-refractivity contribution in [2.24, 2.45) is 4.99 Å². The van der Waals surface area contributed by atoms with Gasteiger partial charge in [0.15, 0.2) is 0 Å². The van der Waals surface area contributed by atoms with Crippen LogP contribution in [0.2, 0.25) is 0 Å². The van der Waals surface area contributed by atoms with Gasteiger partial charge in [-0.05, 0) is 6.92 Å². The average molecular weight is 198 g/mol. The van der Waals surface area contributed by atoms with Crippen LogP contribution in [0.15, 0.2) is 4.99 Å². The molecule has 2 saturated heterocycles. The van der Waals surface area contributed by atoms with Crippen molar-refractivity contribution in [3.05, 3.63) is 0 Å². The number of amides is 2. The van der Waals surface area contributed by atoms with Crippen molar-refractivity contribution >= 4 is 12.2 Å². The zero-order valence-corrected chi connectivity index (χ0v) is 8.18. The fraction of sp³-hybridized carbons (Fsp3) is 0.778. The highest BCUT2D eigenvalue weighted by Crippen LogP contribution is 2.16. The van der Waals surface area contributed by atoms with E-state index in [2.05, 4.69) is 4.99 Å². The summed E-state index contributed by atoms with van der Waals surface area (Å²) in [5, 5.41) is 0. The fourth-order valence-electron chi connectivity index (χ4n) is 1.26. The van der Waals surface area contributed by atoms with Crippen LogP contribution < -0.4 is 0 Å². The molecule has 2 aliphatic heterocycles. The van der Waals surface area contributed by atoms with Crippen LogP contribution in [0.4, 0.5) is 4.79 Å². The van der Waals surface area contributed by atoms with Gasteiger partial charge in [0.2, 0.25) is 0 Å². The second kappa shape index (κ2) is 4.06. The number of ether oxygens (including phenoxy) is 2. The summed E-state index contributed by atoms with van der Waals surface area (Å²) in [7, 11) is 0. The molecule has 0 spiro atoms. The van der Waals surface area contributed by atoms with Crippen molar-refractivity contribution < 1.29 is 14.3 Å². The Balaban J connectivity index is 1.84. The fourth-order valence-corrected chi connectivity index (χ4v) is 1.26. The van der Waals surface area contributed by atoms with Crippen LogP contribution in [0.25, 0.3) is 0 Å². The highest BCUT2D eigenvalue weighted by Gasteiger charge is 2.32. The summed E-state index contributed by atoms with van der Waals surface area (Å²) in [5.74, 6) is 0. The number of nitrogens with zero attached hydrogens (tertiary/aromatic N) is 2. The molecule has 0 aliphatic carbocycles. The highest BCUT2D eigenvalue weighted by molar-refractivity contribution is 5.82. The number of carbonyl (C=O) groups excluding carboxylic acids is 1. The molecular weight excluding hydrogens is 184 g/mol. The first-order chi connectivity index (χ1) is 6.79. The van der Waals surface area contributed by atoms with Gasteiger partial charge in [0.05, 0.1) is 38.5 Å². The second-order valence-corrected chi connectivity index (χ2v) is 3.49. The molecule has 2 heterocycles. The monoisotopic (exact) mass is 198 g/mol. The number of urea groups is 1. The molecule has 0 aromatic carbocycles. The summed E-state index contributed by atoms with van der Waals surface area (Å²) in [5.41, 5.74) is 0. The topological polar surface area (TPSA) is 57.7 Å². The molecule has 2 fully saturated rings. The quantitative estimate of drug-likeness (QED) is 0.482. The summed E-state index contributed by atoms with van der Waals surface area (Å²) < 4.78 is 10.2. The summed E-state index contributed by atoms with van der Waals surface area (Å²) in [6.07, 6.45) is 1.94. The number of carbonyl (C=O) groups is 1. The SMILES string of the molecule is CC=NC(=O)N(CC1CO1)CC1CO1. The van der Waals surface area contributed by atoms with Gasteiger partial charge < -0.3 is 14.4 Å². The normalized spacial score (nSPS) is 29.2. The van der Waals surface area contributed by atoms with Crippen LogP contribution in [0.1, 0.15) is 6.92 Å². The Kier molecular flexibility index (Phi) is 2.79. The third kappa shape index (κ3) is 2.78. The molecule has 2 aliphatic rings. The Morgan fingerprint density at radius 1 is 1.43 bits per heavy atom. The van der Waals surface area contributed by atoms with Gasteiger partial charge in [-0.2, -0.15) is 0 Å². The van der Waals surface area contributed by atoms with E-state index in [0.29, 0.717) is 13.1 Å².